The molecule has 0 aliphatic carbocycles. The molecule has 0 heterocycles. The van der Waals surface area contributed by atoms with Gasteiger partial charge in [0, 0.05) is 13.0 Å². The zero-order valence-corrected chi connectivity index (χ0v) is 28.4. The van der Waals surface area contributed by atoms with Gasteiger partial charge in [0.15, 0.2) is 9.84 Å². The van der Waals surface area contributed by atoms with Gasteiger partial charge in [-0.1, -0.05) is 107 Å². The molecule has 0 aromatic heterocycles. The van der Waals surface area contributed by atoms with E-state index in [1.165, 1.54) is 10.4 Å². The van der Waals surface area contributed by atoms with Crippen LogP contribution < -0.4 is 15.1 Å². The van der Waals surface area contributed by atoms with Crippen LogP contribution in [0.25, 0.3) is 11.1 Å². The van der Waals surface area contributed by atoms with E-state index in [1.54, 1.807) is 25.1 Å². The van der Waals surface area contributed by atoms with E-state index in [9.17, 15) is 8.42 Å². The first kappa shape index (κ1) is 31.5. The summed E-state index contributed by atoms with van der Waals surface area (Å²) in [4.78, 5) is 0.349. The zero-order chi connectivity index (χ0) is 29.7. The average Bonchev–Trinajstić information content (AvgIpc) is 2.97. The zero-order valence-electron chi connectivity index (χ0n) is 24.4. The number of hydrogen-bond acceptors (Lipinski definition) is 4. The topological polar surface area (TPSA) is 52.6 Å². The van der Waals surface area contributed by atoms with Gasteiger partial charge in [0.05, 0.1) is 20.3 Å². The van der Waals surface area contributed by atoms with Gasteiger partial charge in [-0.05, 0) is 80.3 Å². The van der Waals surface area contributed by atoms with Crippen LogP contribution in [0.3, 0.4) is 0 Å². The minimum absolute atomic E-state index is 0.0504. The summed E-state index contributed by atoms with van der Waals surface area (Å²) in [6.07, 6.45) is 0.699. The van der Waals surface area contributed by atoms with Crippen molar-refractivity contribution in [2.24, 2.45) is 0 Å². The lowest BCUT2D eigenvalue weighted by Crippen LogP contribution is -2.66. The highest BCUT2D eigenvalue weighted by Gasteiger charge is 2.50. The first-order valence-corrected chi connectivity index (χ1v) is 18.7. The van der Waals surface area contributed by atoms with Crippen LogP contribution in [-0.4, -0.2) is 35.2 Å². The fourth-order valence-corrected chi connectivity index (χ4v) is 11.4. The van der Waals surface area contributed by atoms with Crippen LogP contribution in [0.5, 0.6) is 5.75 Å². The molecular weight excluding hydrogens is 659 g/mol. The van der Waals surface area contributed by atoms with Gasteiger partial charge < -0.3 is 9.16 Å². The van der Waals surface area contributed by atoms with Crippen LogP contribution in [0.1, 0.15) is 41.0 Å². The van der Waals surface area contributed by atoms with E-state index in [-0.39, 0.29) is 16.9 Å². The molecule has 1 atom stereocenters. The summed E-state index contributed by atoms with van der Waals surface area (Å²) in [5, 5.41) is 2.47. The molecule has 216 valence electrons. The number of hydrogen-bond donors (Lipinski definition) is 0. The summed E-state index contributed by atoms with van der Waals surface area (Å²) < 4.78 is 39.1. The monoisotopic (exact) mass is 698 g/mol. The Morgan fingerprint density at radius 3 is 1.93 bits per heavy atom. The van der Waals surface area contributed by atoms with Crippen molar-refractivity contribution in [3.05, 3.63) is 107 Å². The molecule has 0 amide bonds. The molecule has 0 saturated heterocycles. The third-order valence-electron chi connectivity index (χ3n) is 7.43. The van der Waals surface area contributed by atoms with Gasteiger partial charge in [-0.15, -0.1) is 0 Å². The third kappa shape index (κ3) is 7.13. The largest absolute Gasteiger partial charge is 0.490 e. The van der Waals surface area contributed by atoms with Crippen LogP contribution in [0, 0.1) is 3.57 Å². The summed E-state index contributed by atoms with van der Waals surface area (Å²) in [5.74, 6) is 0.892. The molecule has 7 heteroatoms. The van der Waals surface area contributed by atoms with Crippen LogP contribution in [-0.2, 0) is 14.3 Å². The van der Waals surface area contributed by atoms with Crippen molar-refractivity contribution in [1.82, 2.24) is 0 Å². The number of ether oxygens (including phenoxy) is 1. The lowest BCUT2D eigenvalue weighted by atomic mass is 10.1. The highest BCUT2D eigenvalue weighted by atomic mass is 127. The molecule has 0 aliphatic rings. The van der Waals surface area contributed by atoms with E-state index in [0.717, 1.165) is 26.9 Å². The average molecular weight is 699 g/mol. The molecule has 1 unspecified atom stereocenters. The van der Waals surface area contributed by atoms with Crippen molar-refractivity contribution in [1.29, 1.82) is 0 Å². The SMILES string of the molecule is CCS(=O)(=O)c1cccc(-c2ccc(OC(C)CCO[Si](c3ccccc3)(c3ccccc3)C(C)(C)C)c(I)c2)c1. The van der Waals surface area contributed by atoms with E-state index in [1.807, 2.05) is 24.3 Å². The molecule has 0 aliphatic heterocycles. The maximum absolute atomic E-state index is 12.4. The summed E-state index contributed by atoms with van der Waals surface area (Å²) in [6.45, 7) is 11.2. The van der Waals surface area contributed by atoms with Crippen molar-refractivity contribution in [2.75, 3.05) is 12.4 Å². The molecule has 4 aromatic carbocycles. The van der Waals surface area contributed by atoms with Crippen LogP contribution >= 0.6 is 22.6 Å². The number of sulfone groups is 1. The Morgan fingerprint density at radius 2 is 1.39 bits per heavy atom. The highest BCUT2D eigenvalue weighted by Crippen LogP contribution is 2.37. The minimum Gasteiger partial charge on any atom is -0.490 e. The third-order valence-corrected chi connectivity index (χ3v) is 15.0. The maximum atomic E-state index is 12.4. The standard InChI is InChI=1S/C34H39IO4SSi/c1-6-40(36,37)29-15-13-14-27(24-29)28-20-21-33(32(35)25-28)39-26(2)22-23-38-41(34(3,4)5,30-16-9-7-10-17-30)31-18-11-8-12-19-31/h7-21,24-26H,6,22-23H2,1-5H3. The molecule has 4 nitrogen and oxygen atoms in total. The van der Waals surface area contributed by atoms with Crippen LogP contribution in [0.15, 0.2) is 108 Å². The Kier molecular flexibility index (Phi) is 10.2. The predicted octanol–water partition coefficient (Wildman–Crippen LogP) is 7.49. The lowest BCUT2D eigenvalue weighted by molar-refractivity contribution is 0.172. The first-order valence-electron chi connectivity index (χ1n) is 14.0. The Hall–Kier alpha value is -2.46. The van der Waals surface area contributed by atoms with E-state index < -0.39 is 18.2 Å². The molecule has 41 heavy (non-hydrogen) atoms. The molecule has 4 aromatic rings. The second-order valence-electron chi connectivity index (χ2n) is 11.3. The fourth-order valence-electron chi connectivity index (χ4n) is 5.23. The Bertz CT molecular complexity index is 1510. The van der Waals surface area contributed by atoms with Crippen molar-refractivity contribution in [2.45, 2.75) is 57.1 Å². The second kappa shape index (κ2) is 13.2. The van der Waals surface area contributed by atoms with Gasteiger partial charge in [0.25, 0.3) is 8.32 Å². The van der Waals surface area contributed by atoms with E-state index in [2.05, 4.69) is 111 Å². The molecule has 0 fully saturated rings. The van der Waals surface area contributed by atoms with Gasteiger partial charge in [-0.25, -0.2) is 8.42 Å². The molecule has 0 N–H and O–H groups in total. The minimum atomic E-state index is -3.26. The van der Waals surface area contributed by atoms with Crippen LogP contribution in [0.4, 0.5) is 0 Å². The lowest BCUT2D eigenvalue weighted by Gasteiger charge is -2.43. The van der Waals surface area contributed by atoms with E-state index >= 15 is 0 Å². The smallest absolute Gasteiger partial charge is 0.261 e. The van der Waals surface area contributed by atoms with Crippen LogP contribution in [0.2, 0.25) is 5.04 Å². The Morgan fingerprint density at radius 1 is 0.805 bits per heavy atom. The van der Waals surface area contributed by atoms with Crippen molar-refractivity contribution in [3.63, 3.8) is 0 Å². The van der Waals surface area contributed by atoms with Crippen molar-refractivity contribution >= 4 is 51.1 Å². The summed E-state index contributed by atoms with van der Waals surface area (Å²) in [6, 6.07) is 34.5. The predicted molar refractivity (Wildman–Crippen MR) is 181 cm³/mol. The van der Waals surface area contributed by atoms with Gasteiger partial charge >= 0.3 is 0 Å². The Labute approximate surface area is 260 Å². The summed E-state index contributed by atoms with van der Waals surface area (Å²) in [5.41, 5.74) is 1.83. The van der Waals surface area contributed by atoms with E-state index in [4.69, 9.17) is 9.16 Å². The fraction of sp³-hybridized carbons (Fsp3) is 0.294. The van der Waals surface area contributed by atoms with Crippen molar-refractivity contribution < 1.29 is 17.6 Å². The number of benzene rings is 4. The van der Waals surface area contributed by atoms with Gasteiger partial charge in [0.2, 0.25) is 0 Å². The molecule has 0 spiro atoms. The second-order valence-corrected chi connectivity index (χ2v) is 19.1. The molecule has 0 radical (unpaired) electrons. The van der Waals surface area contributed by atoms with Gasteiger partial charge in [0.1, 0.15) is 5.75 Å². The Balaban J connectivity index is 1.49. The van der Waals surface area contributed by atoms with Crippen molar-refractivity contribution in [3.8, 4) is 16.9 Å². The van der Waals surface area contributed by atoms with Gasteiger partial charge in [-0.2, -0.15) is 0 Å². The quantitative estimate of drug-likeness (QED) is 0.120. The molecule has 0 bridgehead atoms. The first-order chi connectivity index (χ1) is 19.5. The molecule has 0 saturated carbocycles. The molecule has 4 rings (SSSR count). The molecular formula is C34H39IO4SSi. The summed E-state index contributed by atoms with van der Waals surface area (Å²) in [7, 11) is -5.85. The van der Waals surface area contributed by atoms with Gasteiger partial charge in [-0.3, -0.25) is 0 Å². The number of rotatable bonds is 11. The van der Waals surface area contributed by atoms with E-state index in [0.29, 0.717) is 11.5 Å². The summed E-state index contributed by atoms with van der Waals surface area (Å²) >= 11 is 2.29. The number of halogens is 1. The highest BCUT2D eigenvalue weighted by molar-refractivity contribution is 14.1. The maximum Gasteiger partial charge on any atom is 0.261 e. The normalized spacial score (nSPS) is 13.1.